The van der Waals surface area contributed by atoms with E-state index in [9.17, 15) is 0 Å². The van der Waals surface area contributed by atoms with Gasteiger partial charge in [0.2, 0.25) is 0 Å². The van der Waals surface area contributed by atoms with Crippen molar-refractivity contribution in [3.8, 4) is 6.07 Å². The molecule has 0 saturated carbocycles. The van der Waals surface area contributed by atoms with Crippen molar-refractivity contribution in [3.05, 3.63) is 22.8 Å². The molecule has 1 N–H and O–H groups in total. The second kappa shape index (κ2) is 6.03. The lowest BCUT2D eigenvalue weighted by atomic mass is 10.1. The molecule has 1 saturated heterocycles. The molecule has 0 aromatic carbocycles. The average Bonchev–Trinajstić information content (AvgIpc) is 2.43. The highest BCUT2D eigenvalue weighted by Crippen LogP contribution is 2.28. The zero-order valence-corrected chi connectivity index (χ0v) is 11.2. The third kappa shape index (κ3) is 2.58. The van der Waals surface area contributed by atoms with Crippen molar-refractivity contribution in [3.63, 3.8) is 0 Å². The van der Waals surface area contributed by atoms with E-state index in [1.54, 1.807) is 12.3 Å². The molecule has 2 rings (SSSR count). The Morgan fingerprint density at radius 1 is 1.67 bits per heavy atom. The largest absolute Gasteiger partial charge is 0.351 e. The summed E-state index contributed by atoms with van der Waals surface area (Å²) in [6.07, 6.45) is 3.95. The lowest BCUT2D eigenvalue weighted by Crippen LogP contribution is -2.46. The van der Waals surface area contributed by atoms with Crippen molar-refractivity contribution in [1.29, 1.82) is 5.26 Å². The van der Waals surface area contributed by atoms with Gasteiger partial charge in [-0.05, 0) is 32.4 Å². The Kier molecular flexibility index (Phi) is 4.40. The third-order valence-electron chi connectivity index (χ3n) is 3.32. The zero-order valence-electron chi connectivity index (χ0n) is 10.5. The molecule has 5 heteroatoms. The molecule has 0 aliphatic carbocycles. The van der Waals surface area contributed by atoms with Crippen molar-refractivity contribution in [1.82, 2.24) is 10.3 Å². The normalized spacial score (nSPS) is 19.3. The number of pyridine rings is 1. The van der Waals surface area contributed by atoms with Crippen molar-refractivity contribution in [2.45, 2.75) is 25.8 Å². The summed E-state index contributed by atoms with van der Waals surface area (Å²) < 4.78 is 0. The van der Waals surface area contributed by atoms with Crippen LogP contribution in [0.1, 0.15) is 25.3 Å². The molecule has 2 heterocycles. The Bertz CT molecular complexity index is 449. The van der Waals surface area contributed by atoms with E-state index < -0.39 is 0 Å². The maximum atomic E-state index is 9.01. The molecule has 1 aliphatic rings. The molecule has 1 aromatic rings. The molecule has 0 spiro atoms. The Morgan fingerprint density at radius 3 is 3.11 bits per heavy atom. The minimum absolute atomic E-state index is 0.405. The van der Waals surface area contributed by atoms with E-state index >= 15 is 0 Å². The summed E-state index contributed by atoms with van der Waals surface area (Å²) in [7, 11) is 0. The Morgan fingerprint density at radius 2 is 2.50 bits per heavy atom. The molecule has 18 heavy (non-hydrogen) atoms. The number of rotatable bonds is 3. The van der Waals surface area contributed by atoms with Gasteiger partial charge in [-0.1, -0.05) is 11.6 Å². The quantitative estimate of drug-likeness (QED) is 0.909. The van der Waals surface area contributed by atoms with Crippen LogP contribution in [0.5, 0.6) is 0 Å². The summed E-state index contributed by atoms with van der Waals surface area (Å²) in [4.78, 5) is 6.54. The topological polar surface area (TPSA) is 52.0 Å². The van der Waals surface area contributed by atoms with E-state index in [1.165, 1.54) is 0 Å². The van der Waals surface area contributed by atoms with Gasteiger partial charge < -0.3 is 10.2 Å². The number of aromatic nitrogens is 1. The molecule has 1 unspecified atom stereocenters. The highest BCUT2D eigenvalue weighted by molar-refractivity contribution is 6.34. The van der Waals surface area contributed by atoms with Gasteiger partial charge in [0.1, 0.15) is 16.9 Å². The third-order valence-corrected chi connectivity index (χ3v) is 3.69. The number of hydrogen-bond donors (Lipinski definition) is 1. The van der Waals surface area contributed by atoms with Crippen LogP contribution in [0, 0.1) is 11.3 Å². The first-order valence-corrected chi connectivity index (χ1v) is 6.67. The molecular weight excluding hydrogens is 248 g/mol. The van der Waals surface area contributed by atoms with E-state index in [0.29, 0.717) is 16.6 Å². The molecule has 0 bridgehead atoms. The molecule has 96 valence electrons. The predicted octanol–water partition coefficient (Wildman–Crippen LogP) is 2.18. The lowest BCUT2D eigenvalue weighted by Gasteiger charge is -2.35. The van der Waals surface area contributed by atoms with Crippen LogP contribution in [0.15, 0.2) is 12.3 Å². The number of piperidine rings is 1. The van der Waals surface area contributed by atoms with Gasteiger partial charge in [-0.15, -0.1) is 0 Å². The molecule has 0 amide bonds. The van der Waals surface area contributed by atoms with E-state index in [-0.39, 0.29) is 0 Å². The van der Waals surface area contributed by atoms with E-state index in [4.69, 9.17) is 16.9 Å². The summed E-state index contributed by atoms with van der Waals surface area (Å²) >= 11 is 6.25. The fraction of sp³-hybridized carbons (Fsp3) is 0.538. The summed E-state index contributed by atoms with van der Waals surface area (Å²) in [5, 5.41) is 12.9. The number of nitriles is 1. The van der Waals surface area contributed by atoms with Crippen LogP contribution in [0.4, 0.5) is 5.82 Å². The van der Waals surface area contributed by atoms with Gasteiger partial charge in [-0.3, -0.25) is 0 Å². The number of likely N-dealkylation sites (N-methyl/N-ethyl adjacent to an activating group) is 1. The smallest absolute Gasteiger partial charge is 0.148 e. The summed E-state index contributed by atoms with van der Waals surface area (Å²) in [5.74, 6) is 0.729. The van der Waals surface area contributed by atoms with Gasteiger partial charge in [-0.2, -0.15) is 5.26 Å². The van der Waals surface area contributed by atoms with Crippen LogP contribution < -0.4 is 10.2 Å². The number of halogens is 1. The fourth-order valence-corrected chi connectivity index (χ4v) is 2.66. The molecule has 1 atom stereocenters. The maximum Gasteiger partial charge on any atom is 0.148 e. The number of nitrogens with one attached hydrogen (secondary N) is 1. The van der Waals surface area contributed by atoms with E-state index in [0.717, 1.165) is 38.3 Å². The summed E-state index contributed by atoms with van der Waals surface area (Å²) in [5.41, 5.74) is 0.490. The first kappa shape index (κ1) is 13.1. The molecule has 0 radical (unpaired) electrons. The van der Waals surface area contributed by atoms with Crippen molar-refractivity contribution >= 4 is 17.4 Å². The van der Waals surface area contributed by atoms with Crippen molar-refractivity contribution in [2.75, 3.05) is 24.5 Å². The van der Waals surface area contributed by atoms with Crippen LogP contribution in [0.3, 0.4) is 0 Å². The highest BCUT2D eigenvalue weighted by atomic mass is 35.5. The van der Waals surface area contributed by atoms with Gasteiger partial charge in [-0.25, -0.2) is 4.98 Å². The maximum absolute atomic E-state index is 9.01. The van der Waals surface area contributed by atoms with Crippen LogP contribution in [-0.4, -0.2) is 30.7 Å². The van der Waals surface area contributed by atoms with Crippen LogP contribution in [-0.2, 0) is 0 Å². The second-order valence-electron chi connectivity index (χ2n) is 4.39. The van der Waals surface area contributed by atoms with E-state index in [2.05, 4.69) is 28.2 Å². The monoisotopic (exact) mass is 264 g/mol. The number of anilines is 1. The van der Waals surface area contributed by atoms with Gasteiger partial charge in [0.15, 0.2) is 0 Å². The number of nitrogens with zero attached hydrogens (tertiary/aromatic N) is 3. The predicted molar refractivity (Wildman–Crippen MR) is 72.9 cm³/mol. The van der Waals surface area contributed by atoms with Crippen molar-refractivity contribution in [2.24, 2.45) is 0 Å². The minimum Gasteiger partial charge on any atom is -0.351 e. The van der Waals surface area contributed by atoms with E-state index in [1.807, 2.05) is 0 Å². The molecular formula is C13H17ClN4. The van der Waals surface area contributed by atoms with Gasteiger partial charge in [0.05, 0.1) is 5.56 Å². The molecule has 1 aromatic heterocycles. The molecule has 1 aliphatic heterocycles. The van der Waals surface area contributed by atoms with Gasteiger partial charge in [0, 0.05) is 25.3 Å². The average molecular weight is 265 g/mol. The van der Waals surface area contributed by atoms with Gasteiger partial charge in [0.25, 0.3) is 0 Å². The second-order valence-corrected chi connectivity index (χ2v) is 4.77. The van der Waals surface area contributed by atoms with Crippen LogP contribution >= 0.6 is 11.6 Å². The van der Waals surface area contributed by atoms with Crippen LogP contribution in [0.25, 0.3) is 0 Å². The zero-order chi connectivity index (χ0) is 13.0. The Balaban J connectivity index is 2.29. The van der Waals surface area contributed by atoms with Crippen molar-refractivity contribution < 1.29 is 0 Å². The molecule has 4 nitrogen and oxygen atoms in total. The summed E-state index contributed by atoms with van der Waals surface area (Å²) in [6, 6.07) is 4.16. The van der Waals surface area contributed by atoms with Gasteiger partial charge >= 0.3 is 0 Å². The first-order valence-electron chi connectivity index (χ1n) is 6.30. The highest BCUT2D eigenvalue weighted by Gasteiger charge is 2.23. The van der Waals surface area contributed by atoms with Crippen LogP contribution in [0.2, 0.25) is 5.02 Å². The standard InChI is InChI=1S/C13H17ClN4/c1-2-18(11-4-3-6-16-9-11)13-12(14)10(8-15)5-7-17-13/h5,7,11,16H,2-4,6,9H2,1H3. The fourth-order valence-electron chi connectivity index (χ4n) is 2.40. The Hall–Kier alpha value is -1.31. The molecule has 1 fully saturated rings. The minimum atomic E-state index is 0.405. The Labute approximate surface area is 113 Å². The SMILES string of the molecule is CCN(c1nccc(C#N)c1Cl)C1CCCNC1. The number of hydrogen-bond acceptors (Lipinski definition) is 4. The lowest BCUT2D eigenvalue weighted by molar-refractivity contribution is 0.433. The summed E-state index contributed by atoms with van der Waals surface area (Å²) in [6.45, 7) is 4.95. The first-order chi connectivity index (χ1) is 8.77.